The van der Waals surface area contributed by atoms with Crippen LogP contribution in [0.3, 0.4) is 0 Å². The maximum absolute atomic E-state index is 13.2. The molecule has 0 radical (unpaired) electrons. The molecule has 0 saturated heterocycles. The van der Waals surface area contributed by atoms with Crippen LogP contribution in [0.5, 0.6) is 11.5 Å². The topological polar surface area (TPSA) is 59.0 Å². The van der Waals surface area contributed by atoms with E-state index >= 15 is 0 Å². The van der Waals surface area contributed by atoms with E-state index in [1.807, 2.05) is 36.1 Å². The molecule has 2 rings (SSSR count). The SMILES string of the molecule is CCN(CCO)C(C(=O)c1ccc(OC)cc1)c1ccc(OC)cc1. The Kier molecular flexibility index (Phi) is 6.98. The second kappa shape index (κ2) is 9.20. The summed E-state index contributed by atoms with van der Waals surface area (Å²) in [6.45, 7) is 3.05. The van der Waals surface area contributed by atoms with Gasteiger partial charge in [0.25, 0.3) is 0 Å². The van der Waals surface area contributed by atoms with E-state index in [9.17, 15) is 9.90 Å². The second-order valence-electron chi connectivity index (χ2n) is 5.62. The van der Waals surface area contributed by atoms with E-state index in [-0.39, 0.29) is 12.4 Å². The van der Waals surface area contributed by atoms with Crippen molar-refractivity contribution >= 4 is 5.78 Å². The monoisotopic (exact) mass is 343 g/mol. The Bertz CT molecular complexity index is 667. The fraction of sp³-hybridized carbons (Fsp3) is 0.350. The molecule has 0 aliphatic heterocycles. The van der Waals surface area contributed by atoms with Crippen LogP contribution in [0.25, 0.3) is 0 Å². The number of rotatable bonds is 9. The molecule has 0 fully saturated rings. The van der Waals surface area contributed by atoms with Crippen molar-refractivity contribution in [3.05, 3.63) is 59.7 Å². The number of ketones is 1. The molecule has 5 nitrogen and oxygen atoms in total. The van der Waals surface area contributed by atoms with E-state index in [4.69, 9.17) is 9.47 Å². The molecule has 0 saturated carbocycles. The van der Waals surface area contributed by atoms with Crippen molar-refractivity contribution in [3.63, 3.8) is 0 Å². The summed E-state index contributed by atoms with van der Waals surface area (Å²) < 4.78 is 10.4. The lowest BCUT2D eigenvalue weighted by Crippen LogP contribution is -2.36. The van der Waals surface area contributed by atoms with Gasteiger partial charge >= 0.3 is 0 Å². The molecule has 134 valence electrons. The summed E-state index contributed by atoms with van der Waals surface area (Å²) in [6, 6.07) is 14.1. The van der Waals surface area contributed by atoms with Crippen molar-refractivity contribution in [1.82, 2.24) is 4.90 Å². The molecule has 0 amide bonds. The van der Waals surface area contributed by atoms with Gasteiger partial charge in [-0.2, -0.15) is 0 Å². The van der Waals surface area contributed by atoms with Crippen molar-refractivity contribution in [2.75, 3.05) is 33.9 Å². The Morgan fingerprint density at radius 2 is 1.52 bits per heavy atom. The van der Waals surface area contributed by atoms with Crippen molar-refractivity contribution in [2.24, 2.45) is 0 Å². The third kappa shape index (κ3) is 4.59. The van der Waals surface area contributed by atoms with Gasteiger partial charge in [-0.3, -0.25) is 9.69 Å². The highest BCUT2D eigenvalue weighted by Gasteiger charge is 2.27. The van der Waals surface area contributed by atoms with Crippen LogP contribution in [0, 0.1) is 0 Å². The quantitative estimate of drug-likeness (QED) is 0.710. The zero-order valence-corrected chi connectivity index (χ0v) is 14.9. The summed E-state index contributed by atoms with van der Waals surface area (Å²) in [5.41, 5.74) is 1.48. The molecule has 1 atom stereocenters. The molecule has 1 N–H and O–H groups in total. The number of carbonyl (C=O) groups excluding carboxylic acids is 1. The average molecular weight is 343 g/mol. The highest BCUT2D eigenvalue weighted by Crippen LogP contribution is 2.27. The molecule has 5 heteroatoms. The molecule has 0 aliphatic rings. The maximum Gasteiger partial charge on any atom is 0.184 e. The number of ether oxygens (including phenoxy) is 2. The fourth-order valence-electron chi connectivity index (χ4n) is 2.83. The van der Waals surface area contributed by atoms with Crippen molar-refractivity contribution in [3.8, 4) is 11.5 Å². The van der Waals surface area contributed by atoms with Gasteiger partial charge in [0.1, 0.15) is 11.5 Å². The molecule has 0 aromatic heterocycles. The summed E-state index contributed by atoms with van der Waals surface area (Å²) in [5.74, 6) is 1.44. The molecule has 0 aliphatic carbocycles. The third-order valence-corrected chi connectivity index (χ3v) is 4.21. The van der Waals surface area contributed by atoms with E-state index < -0.39 is 6.04 Å². The summed E-state index contributed by atoms with van der Waals surface area (Å²) in [4.78, 5) is 15.1. The largest absolute Gasteiger partial charge is 0.497 e. The number of nitrogens with zero attached hydrogens (tertiary/aromatic N) is 1. The number of hydrogen-bond donors (Lipinski definition) is 1. The van der Waals surface area contributed by atoms with Crippen LogP contribution in [-0.4, -0.2) is 49.7 Å². The smallest absolute Gasteiger partial charge is 0.184 e. The average Bonchev–Trinajstić information content (AvgIpc) is 2.68. The van der Waals surface area contributed by atoms with Crippen LogP contribution < -0.4 is 9.47 Å². The van der Waals surface area contributed by atoms with Crippen LogP contribution in [0.1, 0.15) is 28.9 Å². The minimum Gasteiger partial charge on any atom is -0.497 e. The number of benzene rings is 2. The molecular formula is C20H25NO4. The highest BCUT2D eigenvalue weighted by atomic mass is 16.5. The van der Waals surface area contributed by atoms with E-state index in [1.54, 1.807) is 38.5 Å². The normalized spacial score (nSPS) is 12.0. The maximum atomic E-state index is 13.2. The number of aliphatic hydroxyl groups is 1. The van der Waals surface area contributed by atoms with E-state index in [2.05, 4.69) is 0 Å². The Morgan fingerprint density at radius 1 is 1.00 bits per heavy atom. The molecule has 0 spiro atoms. The fourth-order valence-corrected chi connectivity index (χ4v) is 2.83. The third-order valence-electron chi connectivity index (χ3n) is 4.21. The van der Waals surface area contributed by atoms with Gasteiger partial charge in [0.15, 0.2) is 5.78 Å². The molecule has 25 heavy (non-hydrogen) atoms. The Morgan fingerprint density at radius 3 is 1.96 bits per heavy atom. The van der Waals surface area contributed by atoms with Crippen LogP contribution in [-0.2, 0) is 0 Å². The minimum absolute atomic E-state index is 0.00358. The number of carbonyl (C=O) groups is 1. The van der Waals surface area contributed by atoms with Gasteiger partial charge in [-0.1, -0.05) is 19.1 Å². The number of likely N-dealkylation sites (N-methyl/N-ethyl adjacent to an activating group) is 1. The number of hydrogen-bond acceptors (Lipinski definition) is 5. The van der Waals surface area contributed by atoms with Crippen LogP contribution in [0.4, 0.5) is 0 Å². The number of Topliss-reactive ketones (excluding diaryl/α,β-unsaturated/α-hetero) is 1. The minimum atomic E-state index is -0.462. The van der Waals surface area contributed by atoms with Crippen molar-refractivity contribution in [2.45, 2.75) is 13.0 Å². The Hall–Kier alpha value is -2.37. The molecule has 2 aromatic rings. The van der Waals surface area contributed by atoms with Gasteiger partial charge in [0.05, 0.1) is 26.9 Å². The second-order valence-corrected chi connectivity index (χ2v) is 5.62. The molecule has 1 unspecified atom stereocenters. The van der Waals surface area contributed by atoms with Gasteiger partial charge in [0, 0.05) is 12.1 Å². The van der Waals surface area contributed by atoms with E-state index in [1.165, 1.54) is 0 Å². The van der Waals surface area contributed by atoms with Gasteiger partial charge in [-0.05, 0) is 48.5 Å². The predicted octanol–water partition coefficient (Wildman–Crippen LogP) is 2.94. The summed E-state index contributed by atoms with van der Waals surface area (Å²) in [7, 11) is 3.20. The Labute approximate surface area is 148 Å². The number of aliphatic hydroxyl groups excluding tert-OH is 1. The van der Waals surface area contributed by atoms with Crippen LogP contribution in [0.15, 0.2) is 48.5 Å². The van der Waals surface area contributed by atoms with Crippen molar-refractivity contribution < 1.29 is 19.4 Å². The van der Waals surface area contributed by atoms with E-state index in [0.717, 1.165) is 11.3 Å². The lowest BCUT2D eigenvalue weighted by Gasteiger charge is -2.29. The lowest BCUT2D eigenvalue weighted by atomic mass is 9.95. The van der Waals surface area contributed by atoms with Crippen molar-refractivity contribution in [1.29, 1.82) is 0 Å². The van der Waals surface area contributed by atoms with E-state index in [0.29, 0.717) is 24.4 Å². The number of methoxy groups -OCH3 is 2. The van der Waals surface area contributed by atoms with Gasteiger partial charge in [-0.25, -0.2) is 0 Å². The molecule has 2 aromatic carbocycles. The molecule has 0 bridgehead atoms. The first kappa shape index (κ1) is 19.0. The highest BCUT2D eigenvalue weighted by molar-refractivity contribution is 6.00. The van der Waals surface area contributed by atoms with Gasteiger partial charge < -0.3 is 14.6 Å². The van der Waals surface area contributed by atoms with Gasteiger partial charge in [0.2, 0.25) is 0 Å². The zero-order valence-electron chi connectivity index (χ0n) is 14.9. The summed E-state index contributed by atoms with van der Waals surface area (Å²) in [6.07, 6.45) is 0. The molecular weight excluding hydrogens is 318 g/mol. The van der Waals surface area contributed by atoms with Crippen LogP contribution >= 0.6 is 0 Å². The summed E-state index contributed by atoms with van der Waals surface area (Å²) in [5, 5.41) is 9.38. The lowest BCUT2D eigenvalue weighted by molar-refractivity contribution is 0.0792. The Balaban J connectivity index is 2.39. The predicted molar refractivity (Wildman–Crippen MR) is 97.4 cm³/mol. The summed E-state index contributed by atoms with van der Waals surface area (Å²) >= 11 is 0. The van der Waals surface area contributed by atoms with Crippen LogP contribution in [0.2, 0.25) is 0 Å². The molecule has 0 heterocycles. The zero-order chi connectivity index (χ0) is 18.2. The first-order valence-electron chi connectivity index (χ1n) is 8.31. The first-order valence-corrected chi connectivity index (χ1v) is 8.31. The van der Waals surface area contributed by atoms with Gasteiger partial charge in [-0.15, -0.1) is 0 Å². The first-order chi connectivity index (χ1) is 12.1. The standard InChI is InChI=1S/C20H25NO4/c1-4-21(13-14-22)19(15-5-9-17(24-2)10-6-15)20(23)16-7-11-18(25-3)12-8-16/h5-12,19,22H,4,13-14H2,1-3H3.